The van der Waals surface area contributed by atoms with E-state index in [0.29, 0.717) is 23.9 Å². The molecule has 1 aliphatic heterocycles. The fraction of sp³-hybridized carbons (Fsp3) is 0.231. The molecule has 0 bridgehead atoms. The van der Waals surface area contributed by atoms with Gasteiger partial charge in [-0.3, -0.25) is 0 Å². The summed E-state index contributed by atoms with van der Waals surface area (Å²) < 4.78 is 14.1. The molecule has 6 rings (SSSR count). The number of aliphatic hydroxyl groups is 1. The van der Waals surface area contributed by atoms with Gasteiger partial charge in [0.2, 0.25) is 0 Å². The molecule has 8 nitrogen and oxygen atoms in total. The number of benzene rings is 4. The van der Waals surface area contributed by atoms with Crippen LogP contribution in [0.3, 0.4) is 0 Å². The third-order valence-corrected chi connectivity index (χ3v) is 9.66. The largest absolute Gasteiger partial charge is 0.618 e. The Morgan fingerprint density at radius 1 is 0.792 bits per heavy atom. The topological polar surface area (TPSA) is 107 Å². The van der Waals surface area contributed by atoms with Gasteiger partial charge in [-0.25, -0.2) is 4.79 Å². The van der Waals surface area contributed by atoms with E-state index in [4.69, 9.17) is 9.47 Å². The number of thioether (sulfide) groups is 1. The number of aliphatic hydroxyl groups excluding tert-OH is 1. The van der Waals surface area contributed by atoms with Crippen molar-refractivity contribution < 1.29 is 24.1 Å². The summed E-state index contributed by atoms with van der Waals surface area (Å²) in [6.45, 7) is 2.93. The minimum atomic E-state index is -0.622. The summed E-state index contributed by atoms with van der Waals surface area (Å²) in [5.41, 5.74) is 6.80. The maximum absolute atomic E-state index is 12.5. The fourth-order valence-corrected chi connectivity index (χ4v) is 6.87. The lowest BCUT2D eigenvalue weighted by Crippen LogP contribution is -2.39. The van der Waals surface area contributed by atoms with Crippen LogP contribution in [0, 0.1) is 11.1 Å². The molecule has 1 aromatic heterocycles. The standard InChI is InChI=1S/C39H39N3O5S/c1-27-35(26-48-36-13-7-8-22-42(36)45)46-38(47-37(27)31-16-14-29(25-43)15-17-31)32-20-18-30(19-21-32)34-12-6-5-11-33(34)24-41-39(44)40-23-28-9-3-2-4-10-28/h2-22,27,35,37-38,43H,23-26H2,1H3,(H2,40,41,44)/t27-,35+,37+,38+/m1/s1. The zero-order chi connectivity index (χ0) is 33.3. The van der Waals surface area contributed by atoms with Gasteiger partial charge in [0.05, 0.1) is 18.8 Å². The Kier molecular flexibility index (Phi) is 11.0. The van der Waals surface area contributed by atoms with Gasteiger partial charge >= 0.3 is 6.03 Å². The summed E-state index contributed by atoms with van der Waals surface area (Å²) in [4.78, 5) is 12.5. The molecule has 5 aromatic rings. The van der Waals surface area contributed by atoms with Crippen molar-refractivity contribution in [3.63, 3.8) is 0 Å². The van der Waals surface area contributed by atoms with Gasteiger partial charge in [-0.15, -0.1) is 0 Å². The van der Waals surface area contributed by atoms with Crippen molar-refractivity contribution in [2.24, 2.45) is 5.92 Å². The second-order valence-electron chi connectivity index (χ2n) is 11.8. The number of hydrogen-bond donors (Lipinski definition) is 3. The molecule has 4 aromatic carbocycles. The summed E-state index contributed by atoms with van der Waals surface area (Å²) in [5.74, 6) is 0.580. The van der Waals surface area contributed by atoms with Crippen LogP contribution in [0.4, 0.5) is 4.79 Å². The van der Waals surface area contributed by atoms with Gasteiger partial charge in [-0.1, -0.05) is 122 Å². The van der Waals surface area contributed by atoms with E-state index in [9.17, 15) is 15.1 Å². The molecule has 1 fully saturated rings. The van der Waals surface area contributed by atoms with E-state index < -0.39 is 6.29 Å². The van der Waals surface area contributed by atoms with Crippen molar-refractivity contribution in [3.05, 3.63) is 161 Å². The van der Waals surface area contributed by atoms with Crippen LogP contribution < -0.4 is 15.4 Å². The van der Waals surface area contributed by atoms with Crippen LogP contribution in [-0.4, -0.2) is 23.0 Å². The first-order chi connectivity index (χ1) is 23.5. The molecule has 0 spiro atoms. The van der Waals surface area contributed by atoms with Crippen LogP contribution in [0.1, 0.15) is 47.1 Å². The Morgan fingerprint density at radius 2 is 1.48 bits per heavy atom. The molecule has 1 saturated heterocycles. The number of aromatic nitrogens is 1. The zero-order valence-corrected chi connectivity index (χ0v) is 27.5. The number of urea groups is 1. The summed E-state index contributed by atoms with van der Waals surface area (Å²) >= 11 is 1.47. The van der Waals surface area contributed by atoms with Gasteiger partial charge in [-0.2, -0.15) is 4.73 Å². The highest BCUT2D eigenvalue weighted by Gasteiger charge is 2.38. The monoisotopic (exact) mass is 661 g/mol. The Morgan fingerprint density at radius 3 is 2.23 bits per heavy atom. The Balaban J connectivity index is 1.17. The average Bonchev–Trinajstić information content (AvgIpc) is 3.14. The van der Waals surface area contributed by atoms with E-state index in [-0.39, 0.29) is 30.8 Å². The number of pyridine rings is 1. The summed E-state index contributed by atoms with van der Waals surface area (Å²) in [6, 6.07) is 39.0. The van der Waals surface area contributed by atoms with E-state index in [1.807, 2.05) is 115 Å². The molecule has 246 valence electrons. The summed E-state index contributed by atoms with van der Waals surface area (Å²) in [7, 11) is 0. The Hall–Kier alpha value is -4.67. The van der Waals surface area contributed by atoms with E-state index in [0.717, 1.165) is 43.7 Å². The SMILES string of the molecule is C[C@@H]1[C@H](CSc2cccc[n+]2[O-])O[C@H](c2ccc(-c3ccccc3CNC(=O)NCc3ccccc3)cc2)O[C@@H]1c1ccc(CO)cc1. The number of rotatable bonds is 11. The number of nitrogens with one attached hydrogen (secondary N) is 2. The van der Waals surface area contributed by atoms with E-state index in [2.05, 4.69) is 17.6 Å². The number of amides is 2. The van der Waals surface area contributed by atoms with Crippen LogP contribution in [0.15, 0.2) is 133 Å². The molecule has 9 heteroatoms. The normalized spacial score (nSPS) is 19.0. The number of carbonyl (C=O) groups is 1. The summed E-state index contributed by atoms with van der Waals surface area (Å²) in [5, 5.41) is 28.4. The molecular formula is C39H39N3O5S. The fourth-order valence-electron chi connectivity index (χ4n) is 5.79. The van der Waals surface area contributed by atoms with Crippen molar-refractivity contribution in [1.29, 1.82) is 0 Å². The number of ether oxygens (including phenoxy) is 2. The van der Waals surface area contributed by atoms with Crippen molar-refractivity contribution in [3.8, 4) is 11.1 Å². The van der Waals surface area contributed by atoms with Gasteiger partial charge in [-0.05, 0) is 39.4 Å². The van der Waals surface area contributed by atoms with E-state index in [1.54, 1.807) is 6.07 Å². The van der Waals surface area contributed by atoms with Gasteiger partial charge in [0, 0.05) is 42.5 Å². The van der Waals surface area contributed by atoms with Crippen molar-refractivity contribution in [2.45, 2.75) is 50.1 Å². The number of hydrogen-bond acceptors (Lipinski definition) is 6. The third-order valence-electron chi connectivity index (χ3n) is 8.55. The van der Waals surface area contributed by atoms with Crippen LogP contribution in [0.5, 0.6) is 0 Å². The lowest BCUT2D eigenvalue weighted by molar-refractivity contribution is -0.645. The first kappa shape index (κ1) is 33.2. The first-order valence-corrected chi connectivity index (χ1v) is 17.0. The highest BCUT2D eigenvalue weighted by molar-refractivity contribution is 7.99. The highest BCUT2D eigenvalue weighted by atomic mass is 32.2. The van der Waals surface area contributed by atoms with Gasteiger partial charge in [0.15, 0.2) is 12.5 Å². The molecule has 1 aliphatic rings. The predicted molar refractivity (Wildman–Crippen MR) is 186 cm³/mol. The quantitative estimate of drug-likeness (QED) is 0.0795. The van der Waals surface area contributed by atoms with Gasteiger partial charge in [0.1, 0.15) is 0 Å². The summed E-state index contributed by atoms with van der Waals surface area (Å²) in [6.07, 6.45) is 0.429. The zero-order valence-electron chi connectivity index (χ0n) is 26.7. The first-order valence-electron chi connectivity index (χ1n) is 16.0. The molecular weight excluding hydrogens is 623 g/mol. The minimum absolute atomic E-state index is 0.00100. The lowest BCUT2D eigenvalue weighted by Gasteiger charge is -2.41. The Labute approximate surface area is 285 Å². The molecule has 2 amide bonds. The number of carbonyl (C=O) groups excluding carboxylic acids is 1. The van der Waals surface area contributed by atoms with Gasteiger partial charge < -0.3 is 30.4 Å². The number of nitrogens with zero attached hydrogens (tertiary/aromatic N) is 1. The van der Waals surface area contributed by atoms with E-state index >= 15 is 0 Å². The molecule has 4 atom stereocenters. The molecule has 0 unspecified atom stereocenters. The molecule has 0 saturated carbocycles. The third kappa shape index (κ3) is 8.24. The smallest absolute Gasteiger partial charge is 0.315 e. The second kappa shape index (κ2) is 16.0. The molecule has 48 heavy (non-hydrogen) atoms. The maximum atomic E-state index is 12.5. The minimum Gasteiger partial charge on any atom is -0.618 e. The van der Waals surface area contributed by atoms with Crippen LogP contribution in [-0.2, 0) is 29.2 Å². The molecule has 3 N–H and O–H groups in total. The highest BCUT2D eigenvalue weighted by Crippen LogP contribution is 2.43. The van der Waals surface area contributed by atoms with E-state index in [1.165, 1.54) is 18.0 Å². The predicted octanol–water partition coefficient (Wildman–Crippen LogP) is 7.06. The molecule has 2 heterocycles. The van der Waals surface area contributed by atoms with Gasteiger partial charge in [0.25, 0.3) is 5.03 Å². The lowest BCUT2D eigenvalue weighted by atomic mass is 9.91. The van der Waals surface area contributed by atoms with Crippen LogP contribution >= 0.6 is 11.8 Å². The molecule has 0 radical (unpaired) electrons. The van der Waals surface area contributed by atoms with Crippen LogP contribution in [0.25, 0.3) is 11.1 Å². The van der Waals surface area contributed by atoms with Crippen molar-refractivity contribution in [1.82, 2.24) is 10.6 Å². The van der Waals surface area contributed by atoms with Crippen molar-refractivity contribution >= 4 is 17.8 Å². The average molecular weight is 662 g/mol. The second-order valence-corrected chi connectivity index (χ2v) is 12.8. The maximum Gasteiger partial charge on any atom is 0.315 e. The van der Waals surface area contributed by atoms with Crippen molar-refractivity contribution in [2.75, 3.05) is 5.75 Å². The molecule has 0 aliphatic carbocycles. The van der Waals surface area contributed by atoms with Crippen LogP contribution in [0.2, 0.25) is 0 Å². The Bertz CT molecular complexity index is 1790.